The van der Waals surface area contributed by atoms with Gasteiger partial charge < -0.3 is 20.1 Å². The monoisotopic (exact) mass is 324 g/mol. The number of rotatable bonds is 9. The molecule has 1 unspecified atom stereocenters. The Labute approximate surface area is 142 Å². The van der Waals surface area contributed by atoms with E-state index in [4.69, 9.17) is 4.74 Å². The average Bonchev–Trinajstić information content (AvgIpc) is 3.04. The van der Waals surface area contributed by atoms with Crippen LogP contribution in [0.4, 0.5) is 0 Å². The van der Waals surface area contributed by atoms with E-state index in [1.54, 1.807) is 0 Å². The van der Waals surface area contributed by atoms with Crippen LogP contribution in [0.15, 0.2) is 60.8 Å². The Morgan fingerprint density at radius 3 is 2.71 bits per heavy atom. The van der Waals surface area contributed by atoms with Crippen molar-refractivity contribution in [2.45, 2.75) is 18.9 Å². The summed E-state index contributed by atoms with van der Waals surface area (Å²) in [5.74, 6) is 0.788. The van der Waals surface area contributed by atoms with Gasteiger partial charge in [0.1, 0.15) is 18.5 Å². The molecule has 3 rings (SSSR count). The Kier molecular flexibility index (Phi) is 5.88. The van der Waals surface area contributed by atoms with Crippen LogP contribution in [0.1, 0.15) is 12.0 Å². The Bertz CT molecular complexity index is 739. The molecule has 0 aliphatic rings. The molecule has 0 fully saturated rings. The summed E-state index contributed by atoms with van der Waals surface area (Å²) in [7, 11) is 0. The van der Waals surface area contributed by atoms with E-state index in [2.05, 4.69) is 34.7 Å². The normalized spacial score (nSPS) is 12.4. The SMILES string of the molecule is OC(CNCCCc1c[nH]c2ccccc12)COc1ccccc1. The number of hydrogen-bond acceptors (Lipinski definition) is 3. The molecule has 0 saturated carbocycles. The highest BCUT2D eigenvalue weighted by Gasteiger charge is 2.05. The fraction of sp³-hybridized carbons (Fsp3) is 0.300. The molecule has 0 bridgehead atoms. The Hall–Kier alpha value is -2.30. The van der Waals surface area contributed by atoms with Crippen LogP contribution in [0.2, 0.25) is 0 Å². The van der Waals surface area contributed by atoms with Gasteiger partial charge in [-0.25, -0.2) is 0 Å². The van der Waals surface area contributed by atoms with E-state index in [0.29, 0.717) is 13.2 Å². The maximum absolute atomic E-state index is 9.94. The summed E-state index contributed by atoms with van der Waals surface area (Å²) in [5, 5.41) is 14.5. The summed E-state index contributed by atoms with van der Waals surface area (Å²) in [5.41, 5.74) is 2.54. The molecule has 0 saturated heterocycles. The molecule has 2 aromatic carbocycles. The molecule has 3 aromatic rings. The van der Waals surface area contributed by atoms with Crippen molar-refractivity contribution in [2.24, 2.45) is 0 Å². The minimum Gasteiger partial charge on any atom is -0.491 e. The first-order chi connectivity index (χ1) is 11.8. The molecule has 0 spiro atoms. The minimum atomic E-state index is -0.502. The number of ether oxygens (including phenoxy) is 1. The second-order valence-electron chi connectivity index (χ2n) is 5.95. The molecule has 1 aromatic heterocycles. The Morgan fingerprint density at radius 2 is 1.83 bits per heavy atom. The van der Waals surface area contributed by atoms with Gasteiger partial charge in [-0.3, -0.25) is 0 Å². The highest BCUT2D eigenvalue weighted by Crippen LogP contribution is 2.18. The van der Waals surface area contributed by atoms with E-state index in [9.17, 15) is 5.11 Å². The molecule has 24 heavy (non-hydrogen) atoms. The number of hydrogen-bond donors (Lipinski definition) is 3. The summed E-state index contributed by atoms with van der Waals surface area (Å²) >= 11 is 0. The van der Waals surface area contributed by atoms with Crippen LogP contribution < -0.4 is 10.1 Å². The summed E-state index contributed by atoms with van der Waals surface area (Å²) in [6, 6.07) is 17.9. The molecule has 0 aliphatic heterocycles. The molecule has 4 heteroatoms. The number of H-pyrrole nitrogens is 1. The van der Waals surface area contributed by atoms with Crippen molar-refractivity contribution in [2.75, 3.05) is 19.7 Å². The highest BCUT2D eigenvalue weighted by molar-refractivity contribution is 5.82. The number of aliphatic hydroxyl groups is 1. The molecule has 0 amide bonds. The third kappa shape index (κ3) is 4.60. The van der Waals surface area contributed by atoms with Crippen LogP contribution in [-0.2, 0) is 6.42 Å². The van der Waals surface area contributed by atoms with Crippen LogP contribution in [0.25, 0.3) is 10.9 Å². The summed E-state index contributed by atoms with van der Waals surface area (Å²) < 4.78 is 5.54. The summed E-state index contributed by atoms with van der Waals surface area (Å²) in [6.07, 6.45) is 3.65. The van der Waals surface area contributed by atoms with Crippen molar-refractivity contribution in [3.63, 3.8) is 0 Å². The number of para-hydroxylation sites is 2. The first-order valence-electron chi connectivity index (χ1n) is 8.44. The number of nitrogens with one attached hydrogen (secondary N) is 2. The van der Waals surface area contributed by atoms with Crippen molar-refractivity contribution in [3.8, 4) is 5.75 Å². The second-order valence-corrected chi connectivity index (χ2v) is 5.95. The lowest BCUT2D eigenvalue weighted by atomic mass is 10.1. The Morgan fingerprint density at radius 1 is 1.04 bits per heavy atom. The lowest BCUT2D eigenvalue weighted by molar-refractivity contribution is 0.106. The number of aryl methyl sites for hydroxylation is 1. The molecular formula is C20H24N2O2. The molecule has 1 heterocycles. The summed E-state index contributed by atoms with van der Waals surface area (Å²) in [6.45, 7) is 1.72. The predicted octanol–water partition coefficient (Wildman–Crippen LogP) is 3.13. The second kappa shape index (κ2) is 8.52. The first kappa shape index (κ1) is 16.6. The largest absolute Gasteiger partial charge is 0.491 e. The zero-order valence-electron chi connectivity index (χ0n) is 13.7. The van der Waals surface area contributed by atoms with Gasteiger partial charge in [-0.05, 0) is 43.1 Å². The van der Waals surface area contributed by atoms with E-state index in [-0.39, 0.29) is 0 Å². The smallest absolute Gasteiger partial charge is 0.119 e. The molecular weight excluding hydrogens is 300 g/mol. The van der Waals surface area contributed by atoms with Gasteiger partial charge in [-0.1, -0.05) is 36.4 Å². The van der Waals surface area contributed by atoms with Gasteiger partial charge in [0.05, 0.1) is 0 Å². The topological polar surface area (TPSA) is 57.3 Å². The van der Waals surface area contributed by atoms with E-state index in [1.165, 1.54) is 16.5 Å². The first-order valence-corrected chi connectivity index (χ1v) is 8.44. The molecule has 0 radical (unpaired) electrons. The zero-order chi connectivity index (χ0) is 16.6. The zero-order valence-corrected chi connectivity index (χ0v) is 13.7. The molecule has 126 valence electrons. The van der Waals surface area contributed by atoms with Gasteiger partial charge in [0, 0.05) is 23.6 Å². The van der Waals surface area contributed by atoms with Crippen LogP contribution in [0.5, 0.6) is 5.75 Å². The molecule has 3 N–H and O–H groups in total. The maximum Gasteiger partial charge on any atom is 0.119 e. The van der Waals surface area contributed by atoms with Crippen LogP contribution in [-0.4, -0.2) is 35.9 Å². The van der Waals surface area contributed by atoms with Gasteiger partial charge in [-0.15, -0.1) is 0 Å². The Balaban J connectivity index is 1.32. The number of aromatic amines is 1. The van der Waals surface area contributed by atoms with Gasteiger partial charge in [0.15, 0.2) is 0 Å². The number of benzene rings is 2. The van der Waals surface area contributed by atoms with E-state index in [0.717, 1.165) is 25.1 Å². The fourth-order valence-corrected chi connectivity index (χ4v) is 2.78. The van der Waals surface area contributed by atoms with Gasteiger partial charge in [-0.2, -0.15) is 0 Å². The van der Waals surface area contributed by atoms with E-state index < -0.39 is 6.10 Å². The van der Waals surface area contributed by atoms with Crippen molar-refractivity contribution < 1.29 is 9.84 Å². The van der Waals surface area contributed by atoms with Crippen molar-refractivity contribution in [1.29, 1.82) is 0 Å². The van der Waals surface area contributed by atoms with Crippen molar-refractivity contribution >= 4 is 10.9 Å². The van der Waals surface area contributed by atoms with Crippen LogP contribution >= 0.6 is 0 Å². The molecule has 1 atom stereocenters. The van der Waals surface area contributed by atoms with Gasteiger partial charge >= 0.3 is 0 Å². The molecule has 0 aliphatic carbocycles. The number of aliphatic hydroxyl groups excluding tert-OH is 1. The van der Waals surface area contributed by atoms with Crippen molar-refractivity contribution in [1.82, 2.24) is 10.3 Å². The highest BCUT2D eigenvalue weighted by atomic mass is 16.5. The van der Waals surface area contributed by atoms with Gasteiger partial charge in [0.25, 0.3) is 0 Å². The lowest BCUT2D eigenvalue weighted by Crippen LogP contribution is -2.32. The van der Waals surface area contributed by atoms with E-state index in [1.807, 2.05) is 36.4 Å². The summed E-state index contributed by atoms with van der Waals surface area (Å²) in [4.78, 5) is 3.30. The fourth-order valence-electron chi connectivity index (χ4n) is 2.78. The third-order valence-electron chi connectivity index (χ3n) is 4.04. The van der Waals surface area contributed by atoms with Gasteiger partial charge in [0.2, 0.25) is 0 Å². The number of fused-ring (bicyclic) bond motifs is 1. The van der Waals surface area contributed by atoms with Crippen LogP contribution in [0, 0.1) is 0 Å². The number of aromatic nitrogens is 1. The average molecular weight is 324 g/mol. The minimum absolute atomic E-state index is 0.305. The molecule has 4 nitrogen and oxygen atoms in total. The quantitative estimate of drug-likeness (QED) is 0.530. The predicted molar refractivity (Wildman–Crippen MR) is 97.4 cm³/mol. The van der Waals surface area contributed by atoms with Crippen molar-refractivity contribution in [3.05, 3.63) is 66.4 Å². The maximum atomic E-state index is 9.94. The standard InChI is InChI=1S/C20H24N2O2/c23-17(15-24-18-8-2-1-3-9-18)14-21-12-6-7-16-13-22-20-11-5-4-10-19(16)20/h1-5,8-11,13,17,21-23H,6-7,12,14-15H2. The van der Waals surface area contributed by atoms with E-state index >= 15 is 0 Å². The third-order valence-corrected chi connectivity index (χ3v) is 4.04. The lowest BCUT2D eigenvalue weighted by Gasteiger charge is -2.13. The van der Waals surface area contributed by atoms with Crippen LogP contribution in [0.3, 0.4) is 0 Å².